The fourth-order valence-corrected chi connectivity index (χ4v) is 3.41. The van der Waals surface area contributed by atoms with Gasteiger partial charge in [0.15, 0.2) is 12.3 Å². The summed E-state index contributed by atoms with van der Waals surface area (Å²) in [6.45, 7) is 5.95. The summed E-state index contributed by atoms with van der Waals surface area (Å²) in [4.78, 5) is 37.2. The molecular weight excluding hydrogens is 421 g/mol. The van der Waals surface area contributed by atoms with Crippen LogP contribution in [0.5, 0.6) is 0 Å². The van der Waals surface area contributed by atoms with E-state index in [0.717, 1.165) is 16.7 Å². The van der Waals surface area contributed by atoms with Gasteiger partial charge in [-0.25, -0.2) is 9.59 Å². The molecule has 1 aliphatic rings. The molecule has 2 aromatic carbocycles. The van der Waals surface area contributed by atoms with E-state index >= 15 is 0 Å². The number of carbonyl (C=O) groups is 3. The molecule has 7 nitrogen and oxygen atoms in total. The highest BCUT2D eigenvalue weighted by Crippen LogP contribution is 2.29. The van der Waals surface area contributed by atoms with Crippen molar-refractivity contribution in [3.8, 4) is 11.1 Å². The number of nitrogens with zero attached hydrogens (tertiary/aromatic N) is 2. The number of nitrogens with one attached hydrogen (secondary N) is 1. The number of hydrogen-bond donors (Lipinski definition) is 1. The lowest BCUT2D eigenvalue weighted by Crippen LogP contribution is -2.48. The number of halogens is 1. The van der Waals surface area contributed by atoms with E-state index in [4.69, 9.17) is 4.74 Å². The van der Waals surface area contributed by atoms with E-state index in [0.29, 0.717) is 16.5 Å². The first-order valence-electron chi connectivity index (χ1n) is 9.77. The molecular formula is C22H24FN3O4S. The van der Waals surface area contributed by atoms with Crippen LogP contribution in [0.2, 0.25) is 0 Å². The average Bonchev–Trinajstić information content (AvgIpc) is 2.72. The molecule has 0 radical (unpaired) electrons. The number of amides is 4. The third kappa shape index (κ3) is 5.75. The predicted molar refractivity (Wildman–Crippen MR) is 118 cm³/mol. The molecule has 0 saturated carbocycles. The molecule has 4 amide bonds. The molecule has 0 aromatic heterocycles. The van der Waals surface area contributed by atoms with Gasteiger partial charge in [-0.2, -0.15) is 4.31 Å². The van der Waals surface area contributed by atoms with Gasteiger partial charge in [0.25, 0.3) is 0 Å². The van der Waals surface area contributed by atoms with Crippen LogP contribution in [0.1, 0.15) is 32.8 Å². The molecule has 0 unspecified atom stereocenters. The first-order chi connectivity index (χ1) is 14.7. The predicted octanol–water partition coefficient (Wildman–Crippen LogP) is 5.07. The van der Waals surface area contributed by atoms with Gasteiger partial charge in [0.1, 0.15) is 5.60 Å². The zero-order valence-corrected chi connectivity index (χ0v) is 18.4. The van der Waals surface area contributed by atoms with Gasteiger partial charge in [-0.1, -0.05) is 36.4 Å². The molecule has 164 valence electrons. The zero-order chi connectivity index (χ0) is 22.6. The molecule has 1 fully saturated rings. The minimum absolute atomic E-state index is 0.0617. The summed E-state index contributed by atoms with van der Waals surface area (Å²) >= 11 is -0.374. The van der Waals surface area contributed by atoms with E-state index < -0.39 is 23.6 Å². The fourth-order valence-electron chi connectivity index (χ4n) is 3.09. The maximum atomic E-state index is 13.0. The van der Waals surface area contributed by atoms with E-state index in [2.05, 4.69) is 5.32 Å². The minimum Gasteiger partial charge on any atom is -0.444 e. The number of imide groups is 1. The number of carbonyl (C=O) groups excluding carboxylic acids is 3. The van der Waals surface area contributed by atoms with Crippen molar-refractivity contribution in [3.05, 3.63) is 54.1 Å². The van der Waals surface area contributed by atoms with Crippen LogP contribution in [-0.4, -0.2) is 34.5 Å². The molecule has 0 aliphatic carbocycles. The topological polar surface area (TPSA) is 79.0 Å². The van der Waals surface area contributed by atoms with Gasteiger partial charge in [-0.05, 0) is 49.6 Å². The van der Waals surface area contributed by atoms with Crippen molar-refractivity contribution in [2.75, 3.05) is 11.4 Å². The van der Waals surface area contributed by atoms with Crippen LogP contribution in [0.25, 0.3) is 11.1 Å². The van der Waals surface area contributed by atoms with Crippen LogP contribution >= 0.6 is 12.3 Å². The lowest BCUT2D eigenvalue weighted by atomic mass is 10.0. The lowest BCUT2D eigenvalue weighted by Gasteiger charge is -2.31. The second-order valence-corrected chi connectivity index (χ2v) is 8.55. The molecule has 2 aromatic rings. The Kier molecular flexibility index (Phi) is 6.84. The Hall–Kier alpha value is -3.07. The highest BCUT2D eigenvalue weighted by atomic mass is 32.2. The summed E-state index contributed by atoms with van der Waals surface area (Å²) < 4.78 is 18.7. The summed E-state index contributed by atoms with van der Waals surface area (Å²) in [5.74, 6) is -0.541. The lowest BCUT2D eigenvalue weighted by molar-refractivity contribution is -0.124. The number of alkyl carbamates (subject to hydrolysis) is 1. The van der Waals surface area contributed by atoms with Crippen LogP contribution < -0.4 is 10.2 Å². The van der Waals surface area contributed by atoms with Gasteiger partial charge >= 0.3 is 12.1 Å². The normalized spacial score (nSPS) is 14.6. The Labute approximate surface area is 185 Å². The Morgan fingerprint density at radius 3 is 2.48 bits per heavy atom. The molecule has 3 rings (SSSR count). The van der Waals surface area contributed by atoms with Gasteiger partial charge in [-0.3, -0.25) is 9.69 Å². The number of rotatable bonds is 5. The zero-order valence-electron chi connectivity index (χ0n) is 17.6. The highest BCUT2D eigenvalue weighted by Gasteiger charge is 2.34. The van der Waals surface area contributed by atoms with E-state index in [-0.39, 0.29) is 25.3 Å². The Balaban J connectivity index is 1.69. The van der Waals surface area contributed by atoms with Crippen molar-refractivity contribution in [3.63, 3.8) is 0 Å². The van der Waals surface area contributed by atoms with Gasteiger partial charge in [0.2, 0.25) is 5.91 Å². The van der Waals surface area contributed by atoms with Crippen LogP contribution in [-0.2, 0) is 16.1 Å². The molecule has 0 bridgehead atoms. The molecule has 0 atom stereocenters. The van der Waals surface area contributed by atoms with Gasteiger partial charge < -0.3 is 10.1 Å². The third-order valence-electron chi connectivity index (χ3n) is 4.53. The molecule has 1 N–H and O–H groups in total. The maximum absolute atomic E-state index is 13.0. The second-order valence-electron chi connectivity index (χ2n) is 8.04. The van der Waals surface area contributed by atoms with Crippen LogP contribution in [0.4, 0.5) is 19.2 Å². The second kappa shape index (κ2) is 9.38. The van der Waals surface area contributed by atoms with Crippen LogP contribution in [0.3, 0.4) is 0 Å². The highest BCUT2D eigenvalue weighted by molar-refractivity contribution is 7.93. The molecule has 31 heavy (non-hydrogen) atoms. The SMILES string of the molecule is CC(C)(C)OC(=O)NCc1ccc(-c2cccc(N3CCC(=O)N(SF)C3=O)c2)cc1. The maximum Gasteiger partial charge on any atom is 0.407 e. The number of benzene rings is 2. The van der Waals surface area contributed by atoms with Crippen molar-refractivity contribution in [1.82, 2.24) is 9.62 Å². The fraction of sp³-hybridized carbons (Fsp3) is 0.318. The standard InChI is InChI=1S/C22H24FN3O4S/c1-22(2,3)30-20(28)24-14-15-7-9-16(10-8-15)17-5-4-6-18(13-17)25-12-11-19(27)26(31-23)21(25)29/h4-10,13H,11-12,14H2,1-3H3,(H,24,28). The van der Waals surface area contributed by atoms with Gasteiger partial charge in [-0.15, -0.1) is 3.89 Å². The Morgan fingerprint density at radius 1 is 1.13 bits per heavy atom. The Morgan fingerprint density at radius 2 is 1.84 bits per heavy atom. The smallest absolute Gasteiger partial charge is 0.407 e. The van der Waals surface area contributed by atoms with E-state index in [9.17, 15) is 18.3 Å². The first-order valence-corrected chi connectivity index (χ1v) is 10.4. The van der Waals surface area contributed by atoms with Crippen molar-refractivity contribution >= 4 is 36.1 Å². The molecule has 1 aliphatic heterocycles. The largest absolute Gasteiger partial charge is 0.444 e. The van der Waals surface area contributed by atoms with E-state index in [1.165, 1.54) is 4.90 Å². The van der Waals surface area contributed by atoms with Crippen LogP contribution in [0.15, 0.2) is 48.5 Å². The van der Waals surface area contributed by atoms with Crippen molar-refractivity contribution in [1.29, 1.82) is 0 Å². The number of anilines is 1. The van der Waals surface area contributed by atoms with Crippen molar-refractivity contribution < 1.29 is 23.0 Å². The molecule has 0 spiro atoms. The number of urea groups is 1. The monoisotopic (exact) mass is 445 g/mol. The number of ether oxygens (including phenoxy) is 1. The third-order valence-corrected chi connectivity index (χ3v) is 5.03. The van der Waals surface area contributed by atoms with Gasteiger partial charge in [0, 0.05) is 25.2 Å². The Bertz CT molecular complexity index is 975. The quantitative estimate of drug-likeness (QED) is 0.650. The average molecular weight is 446 g/mol. The molecule has 1 heterocycles. The van der Waals surface area contributed by atoms with E-state index in [1.807, 2.05) is 36.4 Å². The minimum atomic E-state index is -0.690. The molecule has 9 heteroatoms. The first kappa shape index (κ1) is 22.6. The summed E-state index contributed by atoms with van der Waals surface area (Å²) in [5.41, 5.74) is 2.73. The number of hydrogen-bond acceptors (Lipinski definition) is 5. The van der Waals surface area contributed by atoms with Crippen molar-refractivity contribution in [2.24, 2.45) is 0 Å². The summed E-state index contributed by atoms with van der Waals surface area (Å²) in [6.07, 6.45) is -0.416. The molecule has 1 saturated heterocycles. The summed E-state index contributed by atoms with van der Waals surface area (Å²) in [5, 5.41) is 2.71. The summed E-state index contributed by atoms with van der Waals surface area (Å²) in [6, 6.07) is 14.2. The van der Waals surface area contributed by atoms with Gasteiger partial charge in [0.05, 0.1) is 0 Å². The van der Waals surface area contributed by atoms with Crippen LogP contribution in [0, 0.1) is 0 Å². The van der Waals surface area contributed by atoms with E-state index in [1.54, 1.807) is 32.9 Å². The van der Waals surface area contributed by atoms with Crippen molar-refractivity contribution in [2.45, 2.75) is 39.3 Å². The summed E-state index contributed by atoms with van der Waals surface area (Å²) in [7, 11) is 0.